The summed E-state index contributed by atoms with van der Waals surface area (Å²) in [6.45, 7) is 1.16. The van der Waals surface area contributed by atoms with E-state index in [1.807, 2.05) is 24.4 Å². The Morgan fingerprint density at radius 3 is 2.84 bits per heavy atom. The van der Waals surface area contributed by atoms with Gasteiger partial charge in [-0.2, -0.15) is 0 Å². The van der Waals surface area contributed by atoms with Gasteiger partial charge in [0.15, 0.2) is 0 Å². The number of nitrogens with zero attached hydrogens (tertiary/aromatic N) is 1. The zero-order valence-electron chi connectivity index (χ0n) is 10.8. The van der Waals surface area contributed by atoms with Crippen LogP contribution in [0.1, 0.15) is 17.9 Å². The Morgan fingerprint density at radius 1 is 1.21 bits per heavy atom. The van der Waals surface area contributed by atoms with E-state index in [2.05, 4.69) is 34.6 Å². The van der Waals surface area contributed by atoms with E-state index in [1.54, 1.807) is 0 Å². The summed E-state index contributed by atoms with van der Waals surface area (Å²) in [5, 5.41) is 12.7. The fourth-order valence-electron chi connectivity index (χ4n) is 2.80. The molecule has 1 aromatic carbocycles. The quantitative estimate of drug-likeness (QED) is 0.882. The normalized spacial score (nSPS) is 22.6. The maximum absolute atomic E-state index is 9.41. The number of nitrogens with one attached hydrogen (secondary N) is 1. The second-order valence-corrected chi connectivity index (χ2v) is 4.98. The highest BCUT2D eigenvalue weighted by Crippen LogP contribution is 2.29. The summed E-state index contributed by atoms with van der Waals surface area (Å²) in [6, 6.07) is 14.6. The molecule has 1 aliphatic rings. The third kappa shape index (κ3) is 2.53. The Kier molecular flexibility index (Phi) is 3.58. The Hall–Kier alpha value is -1.71. The first-order valence-corrected chi connectivity index (χ1v) is 6.74. The molecule has 1 fully saturated rings. The molecule has 1 saturated heterocycles. The van der Waals surface area contributed by atoms with Crippen molar-refractivity contribution >= 4 is 0 Å². The first-order chi connectivity index (χ1) is 9.38. The van der Waals surface area contributed by atoms with Crippen molar-refractivity contribution in [1.82, 2.24) is 10.3 Å². The summed E-state index contributed by atoms with van der Waals surface area (Å²) in [5.74, 6) is 0.385. The summed E-state index contributed by atoms with van der Waals surface area (Å²) in [6.07, 6.45) is 2.94. The topological polar surface area (TPSA) is 45.1 Å². The molecule has 98 valence electrons. The molecule has 2 atom stereocenters. The lowest BCUT2D eigenvalue weighted by atomic mass is 9.92. The summed E-state index contributed by atoms with van der Waals surface area (Å²) < 4.78 is 0. The highest BCUT2D eigenvalue weighted by Gasteiger charge is 2.27. The summed E-state index contributed by atoms with van der Waals surface area (Å²) in [4.78, 5) is 4.45. The maximum Gasteiger partial charge on any atom is 0.0704 e. The minimum absolute atomic E-state index is 0.172. The molecule has 0 spiro atoms. The average Bonchev–Trinajstić information content (AvgIpc) is 2.97. The van der Waals surface area contributed by atoms with Crippen LogP contribution in [0.5, 0.6) is 0 Å². The molecule has 2 unspecified atom stereocenters. The Balaban J connectivity index is 1.92. The van der Waals surface area contributed by atoms with Crippen LogP contribution < -0.4 is 5.32 Å². The molecule has 2 N–H and O–H groups in total. The van der Waals surface area contributed by atoms with E-state index in [-0.39, 0.29) is 12.6 Å². The van der Waals surface area contributed by atoms with Gasteiger partial charge >= 0.3 is 0 Å². The number of aromatic nitrogens is 1. The van der Waals surface area contributed by atoms with Crippen LogP contribution in [0.2, 0.25) is 0 Å². The number of aliphatic hydroxyl groups excluding tert-OH is 1. The fourth-order valence-corrected chi connectivity index (χ4v) is 2.80. The second kappa shape index (κ2) is 5.51. The highest BCUT2D eigenvalue weighted by atomic mass is 16.3. The van der Waals surface area contributed by atoms with Gasteiger partial charge in [-0.05, 0) is 30.7 Å². The van der Waals surface area contributed by atoms with Gasteiger partial charge in [-0.3, -0.25) is 4.98 Å². The average molecular weight is 254 g/mol. The molecular formula is C16H18N2O. The van der Waals surface area contributed by atoms with E-state index in [1.165, 1.54) is 5.56 Å². The summed E-state index contributed by atoms with van der Waals surface area (Å²) in [7, 11) is 0. The molecule has 1 aromatic heterocycles. The number of hydrogen-bond acceptors (Lipinski definition) is 3. The van der Waals surface area contributed by atoms with Gasteiger partial charge in [-0.1, -0.05) is 30.3 Å². The van der Waals surface area contributed by atoms with E-state index >= 15 is 0 Å². The van der Waals surface area contributed by atoms with E-state index in [0.29, 0.717) is 5.92 Å². The number of aliphatic hydroxyl groups is 1. The smallest absolute Gasteiger partial charge is 0.0704 e. The Bertz CT molecular complexity index is 541. The number of benzene rings is 1. The van der Waals surface area contributed by atoms with Crippen LogP contribution in [0, 0.1) is 0 Å². The zero-order chi connectivity index (χ0) is 13.1. The highest BCUT2D eigenvalue weighted by molar-refractivity contribution is 5.59. The Morgan fingerprint density at radius 2 is 2.05 bits per heavy atom. The van der Waals surface area contributed by atoms with Crippen molar-refractivity contribution < 1.29 is 5.11 Å². The van der Waals surface area contributed by atoms with Crippen LogP contribution >= 0.6 is 0 Å². The van der Waals surface area contributed by atoms with Gasteiger partial charge in [0.1, 0.15) is 0 Å². The fraction of sp³-hybridized carbons (Fsp3) is 0.312. The molecule has 0 aliphatic carbocycles. The summed E-state index contributed by atoms with van der Waals surface area (Å²) in [5.41, 5.74) is 3.40. The van der Waals surface area contributed by atoms with Gasteiger partial charge in [-0.25, -0.2) is 0 Å². The van der Waals surface area contributed by atoms with Crippen molar-refractivity contribution in [3.63, 3.8) is 0 Å². The van der Waals surface area contributed by atoms with Crippen LogP contribution in [-0.2, 0) is 0 Å². The zero-order valence-corrected chi connectivity index (χ0v) is 10.8. The van der Waals surface area contributed by atoms with Gasteiger partial charge in [0, 0.05) is 23.7 Å². The lowest BCUT2D eigenvalue weighted by Crippen LogP contribution is -2.29. The van der Waals surface area contributed by atoms with Crippen molar-refractivity contribution in [1.29, 1.82) is 0 Å². The van der Waals surface area contributed by atoms with Gasteiger partial charge in [0.2, 0.25) is 0 Å². The molecular weight excluding hydrogens is 236 g/mol. The largest absolute Gasteiger partial charge is 0.395 e. The predicted molar refractivity (Wildman–Crippen MR) is 75.9 cm³/mol. The SMILES string of the molecule is OCC1NCCC1c1ccnc(-c2ccccc2)c1. The molecule has 2 aromatic rings. The van der Waals surface area contributed by atoms with E-state index in [4.69, 9.17) is 0 Å². The molecule has 0 bridgehead atoms. The molecule has 3 rings (SSSR count). The molecule has 0 saturated carbocycles. The molecule has 0 radical (unpaired) electrons. The van der Waals surface area contributed by atoms with E-state index in [9.17, 15) is 5.11 Å². The van der Waals surface area contributed by atoms with Crippen LogP contribution in [0.15, 0.2) is 48.7 Å². The third-order valence-corrected chi connectivity index (χ3v) is 3.83. The maximum atomic E-state index is 9.41. The number of rotatable bonds is 3. The van der Waals surface area contributed by atoms with Crippen molar-refractivity contribution in [2.24, 2.45) is 0 Å². The number of pyridine rings is 1. The van der Waals surface area contributed by atoms with Gasteiger partial charge in [0.25, 0.3) is 0 Å². The minimum atomic E-state index is 0.172. The van der Waals surface area contributed by atoms with Crippen molar-refractivity contribution in [2.45, 2.75) is 18.4 Å². The first-order valence-electron chi connectivity index (χ1n) is 6.74. The Labute approximate surface area is 113 Å². The van der Waals surface area contributed by atoms with Crippen molar-refractivity contribution in [3.05, 3.63) is 54.2 Å². The molecule has 19 heavy (non-hydrogen) atoms. The monoisotopic (exact) mass is 254 g/mol. The van der Waals surface area contributed by atoms with Crippen molar-refractivity contribution in [2.75, 3.05) is 13.2 Å². The van der Waals surface area contributed by atoms with Crippen LogP contribution in [0.4, 0.5) is 0 Å². The predicted octanol–water partition coefficient (Wildman–Crippen LogP) is 2.19. The van der Waals surface area contributed by atoms with Gasteiger partial charge in [-0.15, -0.1) is 0 Å². The van der Waals surface area contributed by atoms with E-state index in [0.717, 1.165) is 24.2 Å². The standard InChI is InChI=1S/C16H18N2O/c19-11-16-14(7-9-18-16)13-6-8-17-15(10-13)12-4-2-1-3-5-12/h1-6,8,10,14,16,18-19H,7,9,11H2. The molecule has 3 heteroatoms. The third-order valence-electron chi connectivity index (χ3n) is 3.83. The molecule has 3 nitrogen and oxygen atoms in total. The van der Waals surface area contributed by atoms with Crippen LogP contribution in [-0.4, -0.2) is 29.3 Å². The molecule has 1 aliphatic heterocycles. The second-order valence-electron chi connectivity index (χ2n) is 4.98. The lowest BCUT2D eigenvalue weighted by molar-refractivity contribution is 0.245. The molecule has 0 amide bonds. The first kappa shape index (κ1) is 12.3. The molecule has 2 heterocycles. The van der Waals surface area contributed by atoms with Gasteiger partial charge in [0.05, 0.1) is 12.3 Å². The summed E-state index contributed by atoms with van der Waals surface area (Å²) >= 11 is 0. The number of hydrogen-bond donors (Lipinski definition) is 2. The van der Waals surface area contributed by atoms with Crippen LogP contribution in [0.25, 0.3) is 11.3 Å². The van der Waals surface area contributed by atoms with E-state index < -0.39 is 0 Å². The van der Waals surface area contributed by atoms with Gasteiger partial charge < -0.3 is 10.4 Å². The lowest BCUT2D eigenvalue weighted by Gasteiger charge is -2.18. The minimum Gasteiger partial charge on any atom is -0.395 e. The van der Waals surface area contributed by atoms with Crippen molar-refractivity contribution in [3.8, 4) is 11.3 Å². The van der Waals surface area contributed by atoms with Crippen LogP contribution in [0.3, 0.4) is 0 Å².